The van der Waals surface area contributed by atoms with Crippen LogP contribution >= 0.6 is 11.8 Å². The maximum Gasteiger partial charge on any atom is 0.233 e. The van der Waals surface area contributed by atoms with Gasteiger partial charge in [0.2, 0.25) is 5.91 Å². The fourth-order valence-electron chi connectivity index (χ4n) is 2.67. The molecule has 8 heteroatoms. The monoisotopic (exact) mass is 346 g/mol. The van der Waals surface area contributed by atoms with Crippen LogP contribution < -0.4 is 0 Å². The van der Waals surface area contributed by atoms with Crippen LogP contribution in [0.1, 0.15) is 6.92 Å². The highest BCUT2D eigenvalue weighted by atomic mass is 32.2. The van der Waals surface area contributed by atoms with E-state index in [-0.39, 0.29) is 5.91 Å². The molecule has 0 spiro atoms. The van der Waals surface area contributed by atoms with Crippen LogP contribution in [0.2, 0.25) is 0 Å². The van der Waals surface area contributed by atoms with Gasteiger partial charge in [-0.1, -0.05) is 11.8 Å². The third-order valence-electron chi connectivity index (χ3n) is 4.15. The summed E-state index contributed by atoms with van der Waals surface area (Å²) in [6.07, 6.45) is 3.49. The van der Waals surface area contributed by atoms with Crippen molar-refractivity contribution in [2.24, 2.45) is 0 Å². The van der Waals surface area contributed by atoms with Crippen LogP contribution in [0.15, 0.2) is 29.7 Å². The molecule has 24 heavy (non-hydrogen) atoms. The highest BCUT2D eigenvalue weighted by Gasteiger charge is 2.20. The number of thioether (sulfide) groups is 1. The summed E-state index contributed by atoms with van der Waals surface area (Å²) in [5.41, 5.74) is 0.983. The van der Waals surface area contributed by atoms with Crippen molar-refractivity contribution < 1.29 is 4.79 Å². The molecule has 0 aromatic carbocycles. The highest BCUT2D eigenvalue weighted by molar-refractivity contribution is 7.99. The van der Waals surface area contributed by atoms with Crippen molar-refractivity contribution in [3.8, 4) is 11.4 Å². The van der Waals surface area contributed by atoms with Gasteiger partial charge in [-0.2, -0.15) is 0 Å². The first kappa shape index (κ1) is 16.9. The SMILES string of the molecule is CCn1c(SCC(=O)N2CCN(C)CC2)nnc1-c1ccncc1. The summed E-state index contributed by atoms with van der Waals surface area (Å²) in [4.78, 5) is 20.6. The minimum absolute atomic E-state index is 0.171. The van der Waals surface area contributed by atoms with Crippen molar-refractivity contribution in [3.05, 3.63) is 24.5 Å². The molecule has 1 aliphatic heterocycles. The zero-order valence-electron chi connectivity index (χ0n) is 14.1. The van der Waals surface area contributed by atoms with Crippen LogP contribution in [0, 0.1) is 0 Å². The Hall–Kier alpha value is -1.93. The van der Waals surface area contributed by atoms with Crippen molar-refractivity contribution in [1.29, 1.82) is 0 Å². The molecule has 128 valence electrons. The van der Waals surface area contributed by atoms with Crippen LogP contribution in [-0.2, 0) is 11.3 Å². The second kappa shape index (κ2) is 7.76. The number of carbonyl (C=O) groups is 1. The number of amides is 1. The maximum atomic E-state index is 12.4. The van der Waals surface area contributed by atoms with Gasteiger partial charge in [-0.15, -0.1) is 10.2 Å². The Kier molecular flexibility index (Phi) is 5.47. The molecule has 0 saturated carbocycles. The molecule has 1 aliphatic rings. The first-order chi connectivity index (χ1) is 11.7. The molecule has 0 bridgehead atoms. The molecule has 1 amide bonds. The summed E-state index contributed by atoms with van der Waals surface area (Å²) in [5, 5.41) is 9.34. The first-order valence-corrected chi connectivity index (χ1v) is 9.10. The average Bonchev–Trinajstić information content (AvgIpc) is 3.04. The van der Waals surface area contributed by atoms with Crippen LogP contribution in [0.4, 0.5) is 0 Å². The number of pyridine rings is 1. The molecular weight excluding hydrogens is 324 g/mol. The lowest BCUT2D eigenvalue weighted by Crippen LogP contribution is -2.47. The molecule has 1 saturated heterocycles. The van der Waals surface area contributed by atoms with Gasteiger partial charge in [0.1, 0.15) is 0 Å². The lowest BCUT2D eigenvalue weighted by atomic mass is 10.2. The lowest BCUT2D eigenvalue weighted by Gasteiger charge is -2.32. The fraction of sp³-hybridized carbons (Fsp3) is 0.500. The van der Waals surface area contributed by atoms with E-state index in [0.717, 1.165) is 49.3 Å². The number of nitrogens with zero attached hydrogens (tertiary/aromatic N) is 6. The van der Waals surface area contributed by atoms with E-state index in [4.69, 9.17) is 0 Å². The van der Waals surface area contributed by atoms with E-state index in [0.29, 0.717) is 5.75 Å². The van der Waals surface area contributed by atoms with E-state index < -0.39 is 0 Å². The van der Waals surface area contributed by atoms with Gasteiger partial charge in [0.05, 0.1) is 5.75 Å². The third-order valence-corrected chi connectivity index (χ3v) is 5.10. The van der Waals surface area contributed by atoms with E-state index in [1.807, 2.05) is 21.6 Å². The van der Waals surface area contributed by atoms with Gasteiger partial charge in [0.15, 0.2) is 11.0 Å². The Morgan fingerprint density at radius 1 is 1.17 bits per heavy atom. The number of likely N-dealkylation sites (N-methyl/N-ethyl adjacent to an activating group) is 1. The Bertz CT molecular complexity index is 681. The van der Waals surface area contributed by atoms with E-state index in [1.165, 1.54) is 11.8 Å². The smallest absolute Gasteiger partial charge is 0.233 e. The zero-order valence-corrected chi connectivity index (χ0v) is 14.9. The summed E-state index contributed by atoms with van der Waals surface area (Å²) < 4.78 is 2.04. The molecule has 3 heterocycles. The van der Waals surface area contributed by atoms with Crippen molar-refractivity contribution in [2.45, 2.75) is 18.6 Å². The molecule has 7 nitrogen and oxygen atoms in total. The largest absolute Gasteiger partial charge is 0.339 e. The number of hydrogen-bond acceptors (Lipinski definition) is 6. The molecule has 2 aromatic heterocycles. The summed E-state index contributed by atoms with van der Waals surface area (Å²) in [6.45, 7) is 6.30. The molecule has 2 aromatic rings. The van der Waals surface area contributed by atoms with Crippen LogP contribution in [-0.4, -0.2) is 74.4 Å². The van der Waals surface area contributed by atoms with Gasteiger partial charge in [-0.3, -0.25) is 9.78 Å². The topological polar surface area (TPSA) is 67.2 Å². The van der Waals surface area contributed by atoms with Gasteiger partial charge in [-0.25, -0.2) is 0 Å². The van der Waals surface area contributed by atoms with E-state index in [2.05, 4.69) is 34.1 Å². The van der Waals surface area contributed by atoms with Crippen molar-refractivity contribution >= 4 is 17.7 Å². The summed E-state index contributed by atoms with van der Waals surface area (Å²) in [7, 11) is 2.08. The van der Waals surface area contributed by atoms with Crippen LogP contribution in [0.3, 0.4) is 0 Å². The predicted molar refractivity (Wildman–Crippen MR) is 93.7 cm³/mol. The van der Waals surface area contributed by atoms with Gasteiger partial charge in [0.25, 0.3) is 0 Å². The Morgan fingerprint density at radius 2 is 1.88 bits per heavy atom. The van der Waals surface area contributed by atoms with E-state index in [1.54, 1.807) is 12.4 Å². The number of rotatable bonds is 5. The molecule has 0 aliphatic carbocycles. The van der Waals surface area contributed by atoms with Gasteiger partial charge in [0, 0.05) is 50.7 Å². The third kappa shape index (κ3) is 3.76. The van der Waals surface area contributed by atoms with Gasteiger partial charge in [-0.05, 0) is 26.1 Å². The average molecular weight is 346 g/mol. The second-order valence-electron chi connectivity index (χ2n) is 5.76. The highest BCUT2D eigenvalue weighted by Crippen LogP contribution is 2.23. The maximum absolute atomic E-state index is 12.4. The normalized spacial score (nSPS) is 15.7. The Balaban J connectivity index is 1.65. The van der Waals surface area contributed by atoms with Crippen LogP contribution in [0.25, 0.3) is 11.4 Å². The number of piperazine rings is 1. The van der Waals surface area contributed by atoms with Gasteiger partial charge >= 0.3 is 0 Å². The lowest BCUT2D eigenvalue weighted by molar-refractivity contribution is -0.129. The summed E-state index contributed by atoms with van der Waals surface area (Å²) in [5.74, 6) is 1.39. The summed E-state index contributed by atoms with van der Waals surface area (Å²) >= 11 is 1.46. The first-order valence-electron chi connectivity index (χ1n) is 8.11. The number of hydrogen-bond donors (Lipinski definition) is 0. The molecule has 0 radical (unpaired) electrons. The quantitative estimate of drug-likeness (QED) is 0.759. The standard InChI is InChI=1S/C16H22N6OS/c1-3-22-15(13-4-6-17-7-5-13)18-19-16(22)24-12-14(23)21-10-8-20(2)9-11-21/h4-7H,3,8-12H2,1-2H3. The van der Waals surface area contributed by atoms with E-state index in [9.17, 15) is 4.79 Å². The fourth-order valence-corrected chi connectivity index (χ4v) is 3.57. The number of aromatic nitrogens is 4. The predicted octanol–water partition coefficient (Wildman–Crippen LogP) is 1.23. The number of carbonyl (C=O) groups excluding carboxylic acids is 1. The molecule has 1 fully saturated rings. The van der Waals surface area contributed by atoms with Gasteiger partial charge < -0.3 is 14.4 Å². The second-order valence-corrected chi connectivity index (χ2v) is 6.70. The Labute approximate surface area is 146 Å². The minimum atomic E-state index is 0.171. The molecular formula is C16H22N6OS. The van der Waals surface area contributed by atoms with Crippen molar-refractivity contribution in [3.63, 3.8) is 0 Å². The minimum Gasteiger partial charge on any atom is -0.339 e. The molecule has 3 rings (SSSR count). The molecule has 0 unspecified atom stereocenters. The van der Waals surface area contributed by atoms with E-state index >= 15 is 0 Å². The van der Waals surface area contributed by atoms with Crippen molar-refractivity contribution in [1.82, 2.24) is 29.5 Å². The molecule has 0 N–H and O–H groups in total. The van der Waals surface area contributed by atoms with Crippen molar-refractivity contribution in [2.75, 3.05) is 39.0 Å². The molecule has 0 atom stereocenters. The Morgan fingerprint density at radius 3 is 2.54 bits per heavy atom. The summed E-state index contributed by atoms with van der Waals surface area (Å²) in [6, 6.07) is 3.83. The van der Waals surface area contributed by atoms with Crippen LogP contribution in [0.5, 0.6) is 0 Å². The zero-order chi connectivity index (χ0) is 16.9.